The van der Waals surface area contributed by atoms with Crippen molar-refractivity contribution < 1.29 is 15.4 Å². The third-order valence-corrected chi connectivity index (χ3v) is 10.8. The lowest BCUT2D eigenvalue weighted by Gasteiger charge is -2.28. The number of hydrogen-bond acceptors (Lipinski definition) is 2. The smallest absolute Gasteiger partial charge is 0.143 e. The summed E-state index contributed by atoms with van der Waals surface area (Å²) >= 11 is 0. The normalized spacial score (nSPS) is 13.4. The van der Waals surface area contributed by atoms with Gasteiger partial charge in [-0.05, 0) is 104 Å². The van der Waals surface area contributed by atoms with Crippen LogP contribution in [-0.2, 0) is 0 Å². The van der Waals surface area contributed by atoms with Gasteiger partial charge in [0.15, 0.2) is 0 Å². The molecule has 0 aliphatic carbocycles. The molecule has 2 nitrogen and oxygen atoms in total. The molecule has 0 bridgehead atoms. The zero-order valence-electron chi connectivity index (χ0n) is 39.1. The van der Waals surface area contributed by atoms with E-state index in [2.05, 4.69) is 0 Å². The molecule has 11 rings (SSSR count). The average Bonchev–Trinajstić information content (AvgIpc) is 3.74. The zero-order valence-corrected chi connectivity index (χ0v) is 31.1. The predicted octanol–water partition coefficient (Wildman–Crippen LogP) is 16.0. The van der Waals surface area contributed by atoms with Crippen LogP contribution in [0.5, 0.6) is 0 Å². The molecule has 0 aliphatic rings. The minimum Gasteiger partial charge on any atom is -0.455 e. The van der Waals surface area contributed by atoms with Gasteiger partial charge in [-0.3, -0.25) is 0 Å². The number of fused-ring (bicyclic) bond motifs is 6. The molecule has 1 heterocycles. The lowest BCUT2D eigenvalue weighted by atomic mass is 9.94. The Balaban J connectivity index is 1.18. The van der Waals surface area contributed by atoms with Crippen molar-refractivity contribution in [1.29, 1.82) is 0 Å². The number of rotatable bonds is 7. The Labute approximate surface area is 348 Å². The number of furan rings is 1. The minimum atomic E-state index is -0.416. The maximum Gasteiger partial charge on any atom is 0.143 e. The Bertz CT molecular complexity index is 3700. The molecule has 58 heavy (non-hydrogen) atoms. The van der Waals surface area contributed by atoms with Crippen molar-refractivity contribution >= 4 is 60.5 Å². The van der Waals surface area contributed by atoms with Crippen molar-refractivity contribution in [2.75, 3.05) is 4.90 Å². The Morgan fingerprint density at radius 1 is 0.362 bits per heavy atom. The lowest BCUT2D eigenvalue weighted by Crippen LogP contribution is -2.11. The monoisotopic (exact) mass is 747 g/mol. The zero-order chi connectivity index (χ0) is 45.4. The second-order valence-electron chi connectivity index (χ2n) is 14.2. The van der Waals surface area contributed by atoms with Crippen molar-refractivity contribution in [2.24, 2.45) is 0 Å². The number of hydrogen-bond donors (Lipinski definition) is 0. The highest BCUT2D eigenvalue weighted by Gasteiger charge is 2.21. The SMILES string of the molecule is [2H]c1c([2H])c(N(c2ccccc2-c2cccc3ccc4c5ccccc5oc4c23)c2c([2H])c([2H])c(-c3ccc4ccccc4c3)c([2H])c2[2H])c([2H])c([2H])c1-c1ccc(-c2ccccc2)cc1. The van der Waals surface area contributed by atoms with Crippen LogP contribution in [-0.4, -0.2) is 0 Å². The Hall–Kier alpha value is -7.68. The van der Waals surface area contributed by atoms with Crippen LogP contribution in [0.3, 0.4) is 0 Å². The van der Waals surface area contributed by atoms with Gasteiger partial charge in [-0.1, -0.05) is 176 Å². The molecule has 10 aromatic carbocycles. The molecule has 0 saturated carbocycles. The maximum absolute atomic E-state index is 9.74. The molecule has 11 aromatic rings. The molecule has 272 valence electrons. The van der Waals surface area contributed by atoms with Gasteiger partial charge in [0, 0.05) is 33.1 Å². The fourth-order valence-corrected chi connectivity index (χ4v) is 7.95. The first-order valence-corrected chi connectivity index (χ1v) is 19.2. The van der Waals surface area contributed by atoms with Gasteiger partial charge < -0.3 is 9.32 Å². The van der Waals surface area contributed by atoms with Gasteiger partial charge in [0.2, 0.25) is 0 Å². The quantitative estimate of drug-likeness (QED) is 0.161. The van der Waals surface area contributed by atoms with E-state index in [1.54, 1.807) is 30.3 Å². The minimum absolute atomic E-state index is 0.0918. The molecule has 1 aromatic heterocycles. The van der Waals surface area contributed by atoms with Gasteiger partial charge in [-0.15, -0.1) is 0 Å². The van der Waals surface area contributed by atoms with E-state index in [0.717, 1.165) is 49.0 Å². The molecular weight excluding hydrogens is 703 g/mol. The van der Waals surface area contributed by atoms with E-state index in [0.29, 0.717) is 33.5 Å². The summed E-state index contributed by atoms with van der Waals surface area (Å²) in [5, 5.41) is 5.38. The molecule has 0 saturated heterocycles. The van der Waals surface area contributed by atoms with Crippen molar-refractivity contribution in [2.45, 2.75) is 0 Å². The fourth-order valence-electron chi connectivity index (χ4n) is 7.95. The number of benzene rings is 10. The van der Waals surface area contributed by atoms with Crippen molar-refractivity contribution in [3.63, 3.8) is 0 Å². The van der Waals surface area contributed by atoms with E-state index in [-0.39, 0.29) is 46.7 Å². The number of anilines is 3. The van der Waals surface area contributed by atoms with E-state index < -0.39 is 24.2 Å². The van der Waals surface area contributed by atoms with Crippen LogP contribution < -0.4 is 4.90 Å². The maximum atomic E-state index is 9.74. The van der Waals surface area contributed by atoms with Crippen LogP contribution in [0.1, 0.15) is 11.0 Å². The average molecular weight is 748 g/mol. The van der Waals surface area contributed by atoms with Crippen molar-refractivity contribution in [1.82, 2.24) is 0 Å². The Kier molecular flexibility index (Phi) is 6.38. The van der Waals surface area contributed by atoms with Crippen LogP contribution in [0.4, 0.5) is 17.1 Å². The second-order valence-corrected chi connectivity index (χ2v) is 14.2. The van der Waals surface area contributed by atoms with Crippen LogP contribution in [0.25, 0.3) is 88.0 Å². The highest BCUT2D eigenvalue weighted by molar-refractivity contribution is 6.19. The highest BCUT2D eigenvalue weighted by Crippen LogP contribution is 2.46. The third-order valence-electron chi connectivity index (χ3n) is 10.8. The first-order chi connectivity index (χ1) is 32.1. The molecule has 0 amide bonds. The Morgan fingerprint density at radius 3 is 1.69 bits per heavy atom. The summed E-state index contributed by atoms with van der Waals surface area (Å²) in [5.74, 6) is 0. The van der Waals surface area contributed by atoms with Gasteiger partial charge in [0.1, 0.15) is 11.2 Å². The third kappa shape index (κ3) is 5.91. The summed E-state index contributed by atoms with van der Waals surface area (Å²) in [6, 6.07) is 52.5. The summed E-state index contributed by atoms with van der Waals surface area (Å²) in [5.41, 5.74) is 5.63. The molecule has 0 radical (unpaired) electrons. The van der Waals surface area contributed by atoms with Crippen molar-refractivity contribution in [3.8, 4) is 44.5 Å². The van der Waals surface area contributed by atoms with E-state index >= 15 is 0 Å². The highest BCUT2D eigenvalue weighted by atomic mass is 16.3. The molecule has 0 aliphatic heterocycles. The lowest BCUT2D eigenvalue weighted by molar-refractivity contribution is 0.673. The standard InChI is InChI=1S/C56H37NO/c1-2-11-38(12-3-1)40-21-23-41(24-22-40)42-27-32-47(33-28-42)57(48-34-29-43(30-35-48)46-26-25-39-13-4-5-14-45(39)37-46)53-19-8-6-16-49(53)51-18-10-15-44-31-36-52-50-17-7-9-20-54(50)58-56(52)55(44)51/h1-37H/i27D,28D,29D,30D,32D,33D,34D,35D. The van der Waals surface area contributed by atoms with Crippen LogP contribution in [0.15, 0.2) is 229 Å². The largest absolute Gasteiger partial charge is 0.455 e. The van der Waals surface area contributed by atoms with E-state index in [1.807, 2.05) is 146 Å². The fraction of sp³-hybridized carbons (Fsp3) is 0. The first kappa shape index (κ1) is 26.2. The number of para-hydroxylation sites is 2. The van der Waals surface area contributed by atoms with E-state index in [1.165, 1.54) is 4.90 Å². The van der Waals surface area contributed by atoms with Gasteiger partial charge >= 0.3 is 0 Å². The molecule has 0 atom stereocenters. The predicted molar refractivity (Wildman–Crippen MR) is 245 cm³/mol. The van der Waals surface area contributed by atoms with Crippen LogP contribution in [0.2, 0.25) is 0 Å². The summed E-state index contributed by atoms with van der Waals surface area (Å²) < 4.78 is 83.6. The molecule has 0 N–H and O–H groups in total. The van der Waals surface area contributed by atoms with Gasteiger partial charge in [0.05, 0.1) is 16.7 Å². The summed E-state index contributed by atoms with van der Waals surface area (Å²) in [7, 11) is 0. The van der Waals surface area contributed by atoms with Crippen LogP contribution in [0, 0.1) is 0 Å². The van der Waals surface area contributed by atoms with Gasteiger partial charge in [-0.25, -0.2) is 0 Å². The van der Waals surface area contributed by atoms with E-state index in [4.69, 9.17) is 4.42 Å². The molecule has 0 unspecified atom stereocenters. The van der Waals surface area contributed by atoms with Gasteiger partial charge in [-0.2, -0.15) is 0 Å². The number of nitrogens with zero attached hydrogens (tertiary/aromatic N) is 1. The van der Waals surface area contributed by atoms with Gasteiger partial charge in [0.25, 0.3) is 0 Å². The second kappa shape index (κ2) is 14.1. The molecule has 0 spiro atoms. The summed E-state index contributed by atoms with van der Waals surface area (Å²) in [6.07, 6.45) is 0. The van der Waals surface area contributed by atoms with E-state index in [9.17, 15) is 11.0 Å². The molecule has 0 fully saturated rings. The summed E-state index contributed by atoms with van der Waals surface area (Å²) in [6.45, 7) is 0. The first-order valence-electron chi connectivity index (χ1n) is 23.2. The summed E-state index contributed by atoms with van der Waals surface area (Å²) in [4.78, 5) is 1.39. The van der Waals surface area contributed by atoms with Crippen molar-refractivity contribution in [3.05, 3.63) is 224 Å². The molecule has 2 heteroatoms. The van der Waals surface area contributed by atoms with Crippen LogP contribution >= 0.6 is 0 Å². The molecular formula is C56H37NO. The topological polar surface area (TPSA) is 16.4 Å². The Morgan fingerprint density at radius 2 is 0.914 bits per heavy atom.